The average molecular weight is 281 g/mol. The summed E-state index contributed by atoms with van der Waals surface area (Å²) in [7, 11) is 0. The number of rotatable bonds is 5. The van der Waals surface area contributed by atoms with Gasteiger partial charge in [0.25, 0.3) is 0 Å². The van der Waals surface area contributed by atoms with Gasteiger partial charge in [-0.1, -0.05) is 43.0 Å². The van der Waals surface area contributed by atoms with Crippen molar-refractivity contribution >= 4 is 17.5 Å². The Bertz CT molecular complexity index is 416. The number of carbonyl (C=O) groups is 1. The van der Waals surface area contributed by atoms with Gasteiger partial charge in [0.05, 0.1) is 6.54 Å². The maximum atomic E-state index is 11.8. The molecule has 2 rings (SSSR count). The number of benzene rings is 1. The van der Waals surface area contributed by atoms with Gasteiger partial charge >= 0.3 is 0 Å². The Kier molecular flexibility index (Phi) is 5.67. The average Bonchev–Trinajstić information content (AvgIpc) is 2.40. The van der Waals surface area contributed by atoms with E-state index in [0.29, 0.717) is 19.1 Å². The molecular formula is C15H21ClN2O. The van der Waals surface area contributed by atoms with Crippen LogP contribution in [0.2, 0.25) is 5.02 Å². The first-order valence-corrected chi connectivity index (χ1v) is 7.36. The number of hydrogen-bond acceptors (Lipinski definition) is 2. The van der Waals surface area contributed by atoms with Crippen LogP contribution >= 0.6 is 11.6 Å². The third-order valence-electron chi connectivity index (χ3n) is 3.47. The highest BCUT2D eigenvalue weighted by Crippen LogP contribution is 2.17. The first kappa shape index (κ1) is 14.4. The van der Waals surface area contributed by atoms with E-state index in [1.54, 1.807) is 0 Å². The van der Waals surface area contributed by atoms with Crippen molar-refractivity contribution in [2.45, 2.75) is 44.7 Å². The normalized spacial score (nSPS) is 16.3. The first-order chi connectivity index (χ1) is 9.24. The molecule has 0 heterocycles. The van der Waals surface area contributed by atoms with Gasteiger partial charge in [-0.15, -0.1) is 0 Å². The Morgan fingerprint density at radius 3 is 2.79 bits per heavy atom. The Balaban J connectivity index is 1.66. The van der Waals surface area contributed by atoms with E-state index in [-0.39, 0.29) is 5.91 Å². The van der Waals surface area contributed by atoms with E-state index < -0.39 is 0 Å². The minimum atomic E-state index is 0.0916. The van der Waals surface area contributed by atoms with Crippen LogP contribution in [0.3, 0.4) is 0 Å². The molecular weight excluding hydrogens is 260 g/mol. The molecule has 1 aliphatic rings. The molecule has 2 N–H and O–H groups in total. The molecule has 1 amide bonds. The Morgan fingerprint density at radius 2 is 2.05 bits per heavy atom. The van der Waals surface area contributed by atoms with Gasteiger partial charge in [-0.2, -0.15) is 0 Å². The molecule has 1 saturated carbocycles. The SMILES string of the molecule is O=C(CNCc1cccc(Cl)c1)NC1CCCCC1. The second-order valence-corrected chi connectivity index (χ2v) is 5.57. The van der Waals surface area contributed by atoms with E-state index in [4.69, 9.17) is 11.6 Å². The topological polar surface area (TPSA) is 41.1 Å². The van der Waals surface area contributed by atoms with Crippen molar-refractivity contribution in [3.05, 3.63) is 34.9 Å². The largest absolute Gasteiger partial charge is 0.352 e. The fourth-order valence-electron chi connectivity index (χ4n) is 2.49. The zero-order valence-corrected chi connectivity index (χ0v) is 11.9. The maximum Gasteiger partial charge on any atom is 0.234 e. The molecule has 104 valence electrons. The summed E-state index contributed by atoms with van der Waals surface area (Å²) in [4.78, 5) is 11.8. The van der Waals surface area contributed by atoms with Crippen molar-refractivity contribution < 1.29 is 4.79 Å². The summed E-state index contributed by atoms with van der Waals surface area (Å²) >= 11 is 5.91. The molecule has 4 heteroatoms. The van der Waals surface area contributed by atoms with E-state index in [1.165, 1.54) is 19.3 Å². The summed E-state index contributed by atoms with van der Waals surface area (Å²) in [6, 6.07) is 8.06. The lowest BCUT2D eigenvalue weighted by molar-refractivity contribution is -0.121. The van der Waals surface area contributed by atoms with Crippen LogP contribution in [0.5, 0.6) is 0 Å². The van der Waals surface area contributed by atoms with Crippen LogP contribution in [0.1, 0.15) is 37.7 Å². The van der Waals surface area contributed by atoms with Crippen LogP contribution in [0.4, 0.5) is 0 Å². The standard InChI is InChI=1S/C15H21ClN2O/c16-13-6-4-5-12(9-13)10-17-11-15(19)18-14-7-2-1-3-8-14/h4-6,9,14,17H,1-3,7-8,10-11H2,(H,18,19). The van der Waals surface area contributed by atoms with Crippen LogP contribution < -0.4 is 10.6 Å². The fraction of sp³-hybridized carbons (Fsp3) is 0.533. The quantitative estimate of drug-likeness (QED) is 0.871. The minimum absolute atomic E-state index is 0.0916. The third-order valence-corrected chi connectivity index (χ3v) is 3.71. The number of hydrogen-bond donors (Lipinski definition) is 2. The number of nitrogens with one attached hydrogen (secondary N) is 2. The highest BCUT2D eigenvalue weighted by molar-refractivity contribution is 6.30. The monoisotopic (exact) mass is 280 g/mol. The van der Waals surface area contributed by atoms with Gasteiger partial charge < -0.3 is 10.6 Å². The lowest BCUT2D eigenvalue weighted by atomic mass is 9.95. The predicted octanol–water partition coefficient (Wildman–Crippen LogP) is 2.88. The van der Waals surface area contributed by atoms with Gasteiger partial charge in [-0.05, 0) is 30.5 Å². The van der Waals surface area contributed by atoms with Crippen LogP contribution in [0.15, 0.2) is 24.3 Å². The van der Waals surface area contributed by atoms with Gasteiger partial charge in [0, 0.05) is 17.6 Å². The minimum Gasteiger partial charge on any atom is -0.352 e. The molecule has 19 heavy (non-hydrogen) atoms. The van der Waals surface area contributed by atoms with E-state index >= 15 is 0 Å². The molecule has 1 aromatic carbocycles. The van der Waals surface area contributed by atoms with Gasteiger partial charge in [0.1, 0.15) is 0 Å². The number of amides is 1. The molecule has 0 atom stereocenters. The number of halogens is 1. The molecule has 0 saturated heterocycles. The van der Waals surface area contributed by atoms with Crippen molar-refractivity contribution in [2.24, 2.45) is 0 Å². The van der Waals surface area contributed by atoms with Crippen molar-refractivity contribution in [3.63, 3.8) is 0 Å². The summed E-state index contributed by atoms with van der Waals surface area (Å²) in [6.45, 7) is 1.03. The second kappa shape index (κ2) is 7.51. The predicted molar refractivity (Wildman–Crippen MR) is 78.2 cm³/mol. The Morgan fingerprint density at radius 1 is 1.26 bits per heavy atom. The Hall–Kier alpha value is -1.06. The highest BCUT2D eigenvalue weighted by Gasteiger charge is 2.15. The zero-order valence-electron chi connectivity index (χ0n) is 11.1. The van der Waals surface area contributed by atoms with Crippen LogP contribution in [0.25, 0.3) is 0 Å². The molecule has 0 aliphatic heterocycles. The summed E-state index contributed by atoms with van der Waals surface area (Å²) < 4.78 is 0. The highest BCUT2D eigenvalue weighted by atomic mass is 35.5. The number of carbonyl (C=O) groups excluding carboxylic acids is 1. The van der Waals surface area contributed by atoms with E-state index in [9.17, 15) is 4.79 Å². The molecule has 0 unspecified atom stereocenters. The molecule has 0 radical (unpaired) electrons. The second-order valence-electron chi connectivity index (χ2n) is 5.14. The van der Waals surface area contributed by atoms with Crippen LogP contribution in [-0.4, -0.2) is 18.5 Å². The molecule has 0 spiro atoms. The third kappa shape index (κ3) is 5.21. The van der Waals surface area contributed by atoms with E-state index in [2.05, 4.69) is 10.6 Å². The summed E-state index contributed by atoms with van der Waals surface area (Å²) in [6.07, 6.45) is 6.03. The van der Waals surface area contributed by atoms with Gasteiger partial charge in [0.2, 0.25) is 5.91 Å². The summed E-state index contributed by atoms with van der Waals surface area (Å²) in [5, 5.41) is 6.96. The van der Waals surface area contributed by atoms with Crippen molar-refractivity contribution in [1.29, 1.82) is 0 Å². The van der Waals surface area contributed by atoms with Crippen molar-refractivity contribution in [1.82, 2.24) is 10.6 Å². The van der Waals surface area contributed by atoms with Crippen molar-refractivity contribution in [2.75, 3.05) is 6.54 Å². The molecule has 1 fully saturated rings. The lowest BCUT2D eigenvalue weighted by Crippen LogP contribution is -2.41. The Labute approximate surface area is 119 Å². The zero-order chi connectivity index (χ0) is 13.5. The van der Waals surface area contributed by atoms with Gasteiger partial charge in [-0.3, -0.25) is 4.79 Å². The molecule has 3 nitrogen and oxygen atoms in total. The lowest BCUT2D eigenvalue weighted by Gasteiger charge is -2.22. The van der Waals surface area contributed by atoms with Crippen LogP contribution in [-0.2, 0) is 11.3 Å². The molecule has 1 aliphatic carbocycles. The first-order valence-electron chi connectivity index (χ1n) is 6.98. The smallest absolute Gasteiger partial charge is 0.234 e. The summed E-state index contributed by atoms with van der Waals surface area (Å²) in [5.74, 6) is 0.0916. The van der Waals surface area contributed by atoms with Crippen LogP contribution in [0, 0.1) is 0 Å². The molecule has 1 aromatic rings. The van der Waals surface area contributed by atoms with Gasteiger partial charge in [0.15, 0.2) is 0 Å². The van der Waals surface area contributed by atoms with E-state index in [1.807, 2.05) is 24.3 Å². The molecule has 0 aromatic heterocycles. The maximum absolute atomic E-state index is 11.8. The molecule has 0 bridgehead atoms. The van der Waals surface area contributed by atoms with Crippen molar-refractivity contribution in [3.8, 4) is 0 Å². The van der Waals surface area contributed by atoms with E-state index in [0.717, 1.165) is 23.4 Å². The van der Waals surface area contributed by atoms with Gasteiger partial charge in [-0.25, -0.2) is 0 Å². The summed E-state index contributed by atoms with van der Waals surface area (Å²) in [5.41, 5.74) is 1.10. The fourth-order valence-corrected chi connectivity index (χ4v) is 2.71.